The molecule has 1 aromatic carbocycles. The van der Waals surface area contributed by atoms with Crippen LogP contribution in [0.1, 0.15) is 18.4 Å². The quantitative estimate of drug-likeness (QED) is 0.298. The molecule has 1 aliphatic rings. The van der Waals surface area contributed by atoms with Crippen molar-refractivity contribution in [2.24, 2.45) is 10.9 Å². The summed E-state index contributed by atoms with van der Waals surface area (Å²) in [5.41, 5.74) is 7.36. The molecule has 1 atom stereocenters. The Balaban J connectivity index is 1.93. The van der Waals surface area contributed by atoms with Gasteiger partial charge in [0.1, 0.15) is 5.03 Å². The number of para-hydroxylation sites is 1. The number of nitrogens with zero attached hydrogens (tertiary/aromatic N) is 2. The Morgan fingerprint density at radius 3 is 3.10 bits per heavy atom. The second-order valence-electron chi connectivity index (χ2n) is 4.97. The van der Waals surface area contributed by atoms with Crippen LogP contribution in [-0.2, 0) is 4.74 Å². The van der Waals surface area contributed by atoms with Gasteiger partial charge in [-0.15, -0.1) is 11.8 Å². The molecule has 3 N–H and O–H groups in total. The fourth-order valence-corrected chi connectivity index (χ4v) is 3.48. The number of aromatic nitrogens is 1. The molecular formula is C15H17N3O2S. The summed E-state index contributed by atoms with van der Waals surface area (Å²) in [7, 11) is 0. The zero-order valence-electron chi connectivity index (χ0n) is 11.5. The molecule has 1 aliphatic heterocycles. The first kappa shape index (κ1) is 14.2. The van der Waals surface area contributed by atoms with Crippen LogP contribution >= 0.6 is 11.8 Å². The minimum atomic E-state index is 0.0862. The molecule has 6 heteroatoms. The van der Waals surface area contributed by atoms with E-state index in [1.807, 2.05) is 30.3 Å². The zero-order valence-corrected chi connectivity index (χ0v) is 12.3. The molecule has 3 rings (SSSR count). The zero-order chi connectivity index (χ0) is 14.7. The minimum Gasteiger partial charge on any atom is -0.409 e. The number of hydrogen-bond acceptors (Lipinski definition) is 5. The van der Waals surface area contributed by atoms with Gasteiger partial charge in [-0.2, -0.15) is 0 Å². The lowest BCUT2D eigenvalue weighted by atomic mass is 10.1. The van der Waals surface area contributed by atoms with Crippen molar-refractivity contribution in [1.82, 2.24) is 4.98 Å². The fourth-order valence-electron chi connectivity index (χ4n) is 2.39. The summed E-state index contributed by atoms with van der Waals surface area (Å²) in [6.07, 6.45) is 2.46. The van der Waals surface area contributed by atoms with Gasteiger partial charge < -0.3 is 15.7 Å². The Hall–Kier alpha value is -1.79. The molecule has 0 amide bonds. The first-order valence-corrected chi connectivity index (χ1v) is 7.88. The topological polar surface area (TPSA) is 80.7 Å². The van der Waals surface area contributed by atoms with E-state index < -0.39 is 0 Å². The number of rotatable bonds is 4. The molecule has 1 aromatic heterocycles. The van der Waals surface area contributed by atoms with E-state index in [9.17, 15) is 0 Å². The SMILES string of the molecule is N/C(=N/O)c1cc2ccccc2nc1SCC1CCCO1. The number of hydrogen-bond donors (Lipinski definition) is 2. The van der Waals surface area contributed by atoms with E-state index >= 15 is 0 Å². The number of benzene rings is 1. The molecule has 2 heterocycles. The number of thioether (sulfide) groups is 1. The molecule has 21 heavy (non-hydrogen) atoms. The van der Waals surface area contributed by atoms with Crippen LogP contribution in [0.2, 0.25) is 0 Å². The van der Waals surface area contributed by atoms with Crippen molar-refractivity contribution in [3.63, 3.8) is 0 Å². The van der Waals surface area contributed by atoms with Gasteiger partial charge in [-0.3, -0.25) is 0 Å². The van der Waals surface area contributed by atoms with Gasteiger partial charge in [0, 0.05) is 17.7 Å². The standard InChI is InChI=1S/C15H17N3O2S/c16-14(18-19)12-8-10-4-1-2-6-13(10)17-15(12)21-9-11-5-3-7-20-11/h1-2,4,6,8,11,19H,3,5,7,9H2,(H2,16,18). The van der Waals surface area contributed by atoms with Crippen LogP contribution in [0.3, 0.4) is 0 Å². The van der Waals surface area contributed by atoms with Gasteiger partial charge in [0.2, 0.25) is 0 Å². The van der Waals surface area contributed by atoms with Gasteiger partial charge in [-0.25, -0.2) is 4.98 Å². The van der Waals surface area contributed by atoms with Crippen LogP contribution in [0.15, 0.2) is 40.5 Å². The van der Waals surface area contributed by atoms with Crippen molar-refractivity contribution in [3.8, 4) is 0 Å². The molecule has 0 radical (unpaired) electrons. The molecular weight excluding hydrogens is 286 g/mol. The average molecular weight is 303 g/mol. The van der Waals surface area contributed by atoms with Gasteiger partial charge in [-0.1, -0.05) is 23.4 Å². The van der Waals surface area contributed by atoms with Crippen LogP contribution in [0, 0.1) is 0 Å². The summed E-state index contributed by atoms with van der Waals surface area (Å²) in [5, 5.41) is 13.8. The maximum absolute atomic E-state index is 8.97. The molecule has 0 aliphatic carbocycles. The highest BCUT2D eigenvalue weighted by Crippen LogP contribution is 2.27. The Morgan fingerprint density at radius 2 is 2.33 bits per heavy atom. The highest BCUT2D eigenvalue weighted by atomic mass is 32.2. The van der Waals surface area contributed by atoms with Gasteiger partial charge in [0.15, 0.2) is 5.84 Å². The highest BCUT2D eigenvalue weighted by Gasteiger charge is 2.18. The van der Waals surface area contributed by atoms with Crippen molar-refractivity contribution < 1.29 is 9.94 Å². The second kappa shape index (κ2) is 6.32. The largest absolute Gasteiger partial charge is 0.409 e. The summed E-state index contributed by atoms with van der Waals surface area (Å²) in [5.74, 6) is 0.917. The van der Waals surface area contributed by atoms with Crippen molar-refractivity contribution in [2.45, 2.75) is 24.0 Å². The summed E-state index contributed by atoms with van der Waals surface area (Å²) in [6, 6.07) is 9.73. The van der Waals surface area contributed by atoms with Crippen LogP contribution < -0.4 is 5.73 Å². The van der Waals surface area contributed by atoms with E-state index in [1.165, 1.54) is 0 Å². The lowest BCUT2D eigenvalue weighted by molar-refractivity contribution is 0.129. The van der Waals surface area contributed by atoms with Gasteiger partial charge in [0.05, 0.1) is 17.2 Å². The van der Waals surface area contributed by atoms with Gasteiger partial charge >= 0.3 is 0 Å². The summed E-state index contributed by atoms with van der Waals surface area (Å²) >= 11 is 1.59. The minimum absolute atomic E-state index is 0.0862. The van der Waals surface area contributed by atoms with Crippen LogP contribution in [0.4, 0.5) is 0 Å². The molecule has 1 saturated heterocycles. The summed E-state index contributed by atoms with van der Waals surface area (Å²) in [4.78, 5) is 4.64. The van der Waals surface area contributed by atoms with Crippen LogP contribution in [0.5, 0.6) is 0 Å². The maximum Gasteiger partial charge on any atom is 0.172 e. The average Bonchev–Trinajstić information content (AvgIpc) is 3.04. The molecule has 0 bridgehead atoms. The smallest absolute Gasteiger partial charge is 0.172 e. The lowest BCUT2D eigenvalue weighted by Gasteiger charge is -2.12. The highest BCUT2D eigenvalue weighted by molar-refractivity contribution is 7.99. The fraction of sp³-hybridized carbons (Fsp3) is 0.333. The Kier molecular flexibility index (Phi) is 4.26. The van der Waals surface area contributed by atoms with E-state index in [2.05, 4.69) is 10.1 Å². The van der Waals surface area contributed by atoms with Crippen molar-refractivity contribution in [1.29, 1.82) is 0 Å². The monoisotopic (exact) mass is 303 g/mol. The molecule has 1 fully saturated rings. The third-order valence-electron chi connectivity index (χ3n) is 3.50. The molecule has 5 nitrogen and oxygen atoms in total. The summed E-state index contributed by atoms with van der Waals surface area (Å²) in [6.45, 7) is 0.837. The Labute approximate surface area is 127 Å². The van der Waals surface area contributed by atoms with E-state index in [0.717, 1.165) is 41.1 Å². The second-order valence-corrected chi connectivity index (χ2v) is 5.97. The Morgan fingerprint density at radius 1 is 1.48 bits per heavy atom. The van der Waals surface area contributed by atoms with Crippen molar-refractivity contribution in [2.75, 3.05) is 12.4 Å². The third-order valence-corrected chi connectivity index (χ3v) is 4.63. The predicted molar refractivity (Wildman–Crippen MR) is 84.0 cm³/mol. The number of fused-ring (bicyclic) bond motifs is 1. The van der Waals surface area contributed by atoms with Gasteiger partial charge in [-0.05, 0) is 25.0 Å². The lowest BCUT2D eigenvalue weighted by Crippen LogP contribution is -2.16. The van der Waals surface area contributed by atoms with E-state index in [0.29, 0.717) is 5.56 Å². The van der Waals surface area contributed by atoms with E-state index in [4.69, 9.17) is 15.7 Å². The first-order chi connectivity index (χ1) is 10.3. The van der Waals surface area contributed by atoms with E-state index in [1.54, 1.807) is 11.8 Å². The van der Waals surface area contributed by atoms with Crippen molar-refractivity contribution >= 4 is 28.5 Å². The third kappa shape index (κ3) is 3.11. The number of pyridine rings is 1. The number of oxime groups is 1. The van der Waals surface area contributed by atoms with Crippen LogP contribution in [0.25, 0.3) is 10.9 Å². The van der Waals surface area contributed by atoms with Crippen LogP contribution in [-0.4, -0.2) is 34.5 Å². The first-order valence-electron chi connectivity index (χ1n) is 6.90. The number of ether oxygens (including phenoxy) is 1. The number of amidine groups is 1. The molecule has 110 valence electrons. The van der Waals surface area contributed by atoms with Crippen molar-refractivity contribution in [3.05, 3.63) is 35.9 Å². The van der Waals surface area contributed by atoms with Gasteiger partial charge in [0.25, 0.3) is 0 Å². The molecule has 0 saturated carbocycles. The molecule has 0 spiro atoms. The summed E-state index contributed by atoms with van der Waals surface area (Å²) < 4.78 is 5.63. The maximum atomic E-state index is 8.97. The normalized spacial score (nSPS) is 19.2. The predicted octanol–water partition coefficient (Wildman–Crippen LogP) is 2.60. The number of nitrogens with two attached hydrogens (primary N) is 1. The van der Waals surface area contributed by atoms with E-state index in [-0.39, 0.29) is 11.9 Å². The molecule has 2 aromatic rings. The Bertz CT molecular complexity index is 669. The molecule has 1 unspecified atom stereocenters.